The second kappa shape index (κ2) is 5.65. The van der Waals surface area contributed by atoms with Crippen molar-refractivity contribution in [3.05, 3.63) is 65.5 Å². The highest BCUT2D eigenvalue weighted by Gasteiger charge is 2.07. The van der Waals surface area contributed by atoms with E-state index in [1.807, 2.05) is 37.3 Å². The molecule has 0 bridgehead atoms. The molecule has 0 aliphatic carbocycles. The van der Waals surface area contributed by atoms with E-state index in [2.05, 4.69) is 5.32 Å². The normalized spacial score (nSPS) is 12.2. The van der Waals surface area contributed by atoms with Gasteiger partial charge in [-0.15, -0.1) is 0 Å². The number of hydrogen-bond acceptors (Lipinski definition) is 2. The van der Waals surface area contributed by atoms with Crippen molar-refractivity contribution < 1.29 is 9.50 Å². The van der Waals surface area contributed by atoms with E-state index >= 15 is 0 Å². The van der Waals surface area contributed by atoms with Gasteiger partial charge in [0.25, 0.3) is 0 Å². The van der Waals surface area contributed by atoms with E-state index in [0.717, 1.165) is 16.8 Å². The lowest BCUT2D eigenvalue weighted by Crippen LogP contribution is -2.12. The lowest BCUT2D eigenvalue weighted by molar-refractivity contribution is 0.191. The minimum absolute atomic E-state index is 0.248. The average Bonchev–Trinajstić information content (AvgIpc) is 2.38. The Morgan fingerprint density at radius 1 is 1.17 bits per heavy atom. The van der Waals surface area contributed by atoms with E-state index in [1.165, 1.54) is 12.1 Å². The Balaban J connectivity index is 1.99. The van der Waals surface area contributed by atoms with Crippen LogP contribution in [-0.2, 0) is 0 Å². The van der Waals surface area contributed by atoms with Gasteiger partial charge in [-0.1, -0.05) is 30.3 Å². The zero-order chi connectivity index (χ0) is 13.0. The van der Waals surface area contributed by atoms with E-state index in [1.54, 1.807) is 6.07 Å². The molecule has 94 valence electrons. The summed E-state index contributed by atoms with van der Waals surface area (Å²) in [5.41, 5.74) is 2.53. The third-order valence-electron chi connectivity index (χ3n) is 2.86. The van der Waals surface area contributed by atoms with Gasteiger partial charge in [-0.25, -0.2) is 4.39 Å². The second-order valence-corrected chi connectivity index (χ2v) is 4.27. The number of aliphatic hydroxyl groups excluding tert-OH is 1. The SMILES string of the molecule is Cc1cc(F)ccc1NCC(O)c1ccccc1. The number of aryl methyl sites for hydroxylation is 1. The smallest absolute Gasteiger partial charge is 0.123 e. The molecule has 1 atom stereocenters. The summed E-state index contributed by atoms with van der Waals surface area (Å²) in [5, 5.41) is 13.1. The first-order valence-corrected chi connectivity index (χ1v) is 5.90. The quantitative estimate of drug-likeness (QED) is 0.866. The topological polar surface area (TPSA) is 32.3 Å². The molecule has 2 aromatic rings. The van der Waals surface area contributed by atoms with Gasteiger partial charge in [0.2, 0.25) is 0 Å². The van der Waals surface area contributed by atoms with Crippen LogP contribution in [0.1, 0.15) is 17.2 Å². The number of hydrogen-bond donors (Lipinski definition) is 2. The largest absolute Gasteiger partial charge is 0.387 e. The van der Waals surface area contributed by atoms with Crippen LogP contribution in [0.25, 0.3) is 0 Å². The van der Waals surface area contributed by atoms with Crippen LogP contribution in [-0.4, -0.2) is 11.7 Å². The maximum atomic E-state index is 12.9. The van der Waals surface area contributed by atoms with E-state index in [4.69, 9.17) is 0 Å². The van der Waals surface area contributed by atoms with E-state index in [-0.39, 0.29) is 5.82 Å². The van der Waals surface area contributed by atoms with Gasteiger partial charge < -0.3 is 10.4 Å². The molecule has 18 heavy (non-hydrogen) atoms. The minimum Gasteiger partial charge on any atom is -0.387 e. The lowest BCUT2D eigenvalue weighted by Gasteiger charge is -2.14. The molecule has 0 aliphatic heterocycles. The second-order valence-electron chi connectivity index (χ2n) is 4.27. The van der Waals surface area contributed by atoms with Crippen molar-refractivity contribution >= 4 is 5.69 Å². The molecule has 0 saturated carbocycles. The minimum atomic E-state index is -0.573. The van der Waals surface area contributed by atoms with Crippen LogP contribution >= 0.6 is 0 Å². The summed E-state index contributed by atoms with van der Waals surface area (Å²) in [5.74, 6) is -0.248. The molecule has 0 aliphatic rings. The fourth-order valence-corrected chi connectivity index (χ4v) is 1.83. The van der Waals surface area contributed by atoms with Gasteiger partial charge in [0.15, 0.2) is 0 Å². The van der Waals surface area contributed by atoms with E-state index in [0.29, 0.717) is 6.54 Å². The zero-order valence-electron chi connectivity index (χ0n) is 10.2. The first-order valence-electron chi connectivity index (χ1n) is 5.90. The fraction of sp³-hybridized carbons (Fsp3) is 0.200. The van der Waals surface area contributed by atoms with E-state index in [9.17, 15) is 9.50 Å². The highest BCUT2D eigenvalue weighted by molar-refractivity contribution is 5.50. The number of aliphatic hydroxyl groups is 1. The fourth-order valence-electron chi connectivity index (χ4n) is 1.83. The molecule has 0 saturated heterocycles. The molecule has 1 unspecified atom stereocenters. The molecular formula is C15H16FNO. The van der Waals surface area contributed by atoms with Gasteiger partial charge in [-0.05, 0) is 36.2 Å². The van der Waals surface area contributed by atoms with E-state index < -0.39 is 6.10 Å². The summed E-state index contributed by atoms with van der Waals surface area (Å²) in [7, 11) is 0. The molecule has 0 heterocycles. The molecule has 0 fully saturated rings. The summed E-state index contributed by atoms with van der Waals surface area (Å²) in [6, 6.07) is 14.0. The van der Waals surface area contributed by atoms with Crippen molar-refractivity contribution in [2.45, 2.75) is 13.0 Å². The highest BCUT2D eigenvalue weighted by atomic mass is 19.1. The molecule has 2 N–H and O–H groups in total. The molecule has 0 radical (unpaired) electrons. The third-order valence-corrected chi connectivity index (χ3v) is 2.86. The van der Waals surface area contributed by atoms with Crippen LogP contribution in [0.15, 0.2) is 48.5 Å². The number of rotatable bonds is 4. The van der Waals surface area contributed by atoms with Crippen molar-refractivity contribution in [2.75, 3.05) is 11.9 Å². The number of benzene rings is 2. The summed E-state index contributed by atoms with van der Waals surface area (Å²) in [4.78, 5) is 0. The lowest BCUT2D eigenvalue weighted by atomic mass is 10.1. The Hall–Kier alpha value is -1.87. The molecular weight excluding hydrogens is 229 g/mol. The molecule has 0 amide bonds. The van der Waals surface area contributed by atoms with Crippen LogP contribution in [0, 0.1) is 12.7 Å². The van der Waals surface area contributed by atoms with Crippen LogP contribution in [0.2, 0.25) is 0 Å². The van der Waals surface area contributed by atoms with Crippen molar-refractivity contribution in [1.29, 1.82) is 0 Å². The maximum absolute atomic E-state index is 12.9. The van der Waals surface area contributed by atoms with Gasteiger partial charge in [0.1, 0.15) is 5.82 Å². The van der Waals surface area contributed by atoms with Crippen molar-refractivity contribution in [3.8, 4) is 0 Å². The van der Waals surface area contributed by atoms with Crippen molar-refractivity contribution in [3.63, 3.8) is 0 Å². The van der Waals surface area contributed by atoms with Gasteiger partial charge in [-0.2, -0.15) is 0 Å². The first kappa shape index (κ1) is 12.6. The Bertz CT molecular complexity index is 513. The van der Waals surface area contributed by atoms with Gasteiger partial charge in [0.05, 0.1) is 6.10 Å². The number of anilines is 1. The Labute approximate surface area is 106 Å². The van der Waals surface area contributed by atoms with Crippen LogP contribution in [0.4, 0.5) is 10.1 Å². The first-order chi connectivity index (χ1) is 8.66. The highest BCUT2D eigenvalue weighted by Crippen LogP contribution is 2.18. The standard InChI is InChI=1S/C15H16FNO/c1-11-9-13(16)7-8-14(11)17-10-15(18)12-5-3-2-4-6-12/h2-9,15,17-18H,10H2,1H3. The summed E-state index contributed by atoms with van der Waals surface area (Å²) >= 11 is 0. The van der Waals surface area contributed by atoms with Gasteiger partial charge >= 0.3 is 0 Å². The van der Waals surface area contributed by atoms with Gasteiger partial charge in [0, 0.05) is 12.2 Å². The van der Waals surface area contributed by atoms with Crippen LogP contribution in [0.5, 0.6) is 0 Å². The average molecular weight is 245 g/mol. The predicted molar refractivity (Wildman–Crippen MR) is 71.0 cm³/mol. The van der Waals surface area contributed by atoms with Crippen LogP contribution in [0.3, 0.4) is 0 Å². The van der Waals surface area contributed by atoms with Gasteiger partial charge in [-0.3, -0.25) is 0 Å². The molecule has 2 nitrogen and oxygen atoms in total. The Morgan fingerprint density at radius 3 is 2.56 bits per heavy atom. The monoisotopic (exact) mass is 245 g/mol. The number of nitrogens with one attached hydrogen (secondary N) is 1. The molecule has 0 aromatic heterocycles. The molecule has 2 aromatic carbocycles. The number of halogens is 1. The summed E-state index contributed by atoms with van der Waals surface area (Å²) in [6.45, 7) is 2.23. The molecule has 0 spiro atoms. The Morgan fingerprint density at radius 2 is 1.89 bits per heavy atom. The van der Waals surface area contributed by atoms with Crippen molar-refractivity contribution in [1.82, 2.24) is 0 Å². The predicted octanol–water partition coefficient (Wildman–Crippen LogP) is 3.28. The summed E-state index contributed by atoms with van der Waals surface area (Å²) < 4.78 is 12.9. The maximum Gasteiger partial charge on any atom is 0.123 e. The Kier molecular flexibility index (Phi) is 3.95. The molecule has 2 rings (SSSR count). The van der Waals surface area contributed by atoms with Crippen LogP contribution < -0.4 is 5.32 Å². The summed E-state index contributed by atoms with van der Waals surface area (Å²) in [6.07, 6.45) is -0.573. The third kappa shape index (κ3) is 3.08. The molecule has 3 heteroatoms. The van der Waals surface area contributed by atoms with Crippen molar-refractivity contribution in [2.24, 2.45) is 0 Å². The zero-order valence-corrected chi connectivity index (χ0v) is 10.2.